The van der Waals surface area contributed by atoms with Crippen molar-refractivity contribution in [2.45, 2.75) is 6.54 Å². The number of carbonyl (C=O) groups is 1. The van der Waals surface area contributed by atoms with Crippen LogP contribution in [0.3, 0.4) is 0 Å². The van der Waals surface area contributed by atoms with Gasteiger partial charge in [0.1, 0.15) is 5.75 Å². The lowest BCUT2D eigenvalue weighted by atomic mass is 10.2. The highest BCUT2D eigenvalue weighted by molar-refractivity contribution is 14.1. The molecule has 0 spiro atoms. The fourth-order valence-corrected chi connectivity index (χ4v) is 2.31. The van der Waals surface area contributed by atoms with Crippen molar-refractivity contribution >= 4 is 40.1 Å². The number of hydrogen-bond donors (Lipinski definition) is 0. The number of hydrogen-bond acceptors (Lipinski definition) is 2. The van der Waals surface area contributed by atoms with E-state index in [0.29, 0.717) is 17.3 Å². The maximum Gasteiger partial charge on any atom is 0.260 e. The maximum absolute atomic E-state index is 12.1. The number of likely N-dealkylation sites (N-methyl/N-ethyl adjacent to an activating group) is 1. The number of ether oxygens (including phenoxy) is 1. The molecule has 21 heavy (non-hydrogen) atoms. The van der Waals surface area contributed by atoms with Crippen molar-refractivity contribution in [3.05, 3.63) is 62.7 Å². The average molecular weight is 416 g/mol. The zero-order valence-electron chi connectivity index (χ0n) is 11.6. The second-order valence-electron chi connectivity index (χ2n) is 4.58. The molecule has 0 bridgehead atoms. The first kappa shape index (κ1) is 16.1. The molecule has 0 fully saturated rings. The molecule has 0 aromatic heterocycles. The minimum atomic E-state index is -0.0894. The summed E-state index contributed by atoms with van der Waals surface area (Å²) < 4.78 is 6.61. The Morgan fingerprint density at radius 1 is 1.19 bits per heavy atom. The van der Waals surface area contributed by atoms with Crippen LogP contribution in [-0.2, 0) is 11.3 Å². The Hall–Kier alpha value is -1.27. The van der Waals surface area contributed by atoms with Gasteiger partial charge in [-0.25, -0.2) is 0 Å². The molecule has 110 valence electrons. The van der Waals surface area contributed by atoms with Gasteiger partial charge in [0.25, 0.3) is 5.91 Å². The average Bonchev–Trinajstić information content (AvgIpc) is 2.48. The van der Waals surface area contributed by atoms with Crippen LogP contribution >= 0.6 is 34.2 Å². The van der Waals surface area contributed by atoms with Crippen LogP contribution in [0.4, 0.5) is 0 Å². The van der Waals surface area contributed by atoms with Crippen molar-refractivity contribution in [3.63, 3.8) is 0 Å². The van der Waals surface area contributed by atoms with Crippen molar-refractivity contribution in [2.75, 3.05) is 13.7 Å². The van der Waals surface area contributed by atoms with Crippen LogP contribution in [0, 0.1) is 3.57 Å². The van der Waals surface area contributed by atoms with E-state index < -0.39 is 0 Å². The molecule has 5 heteroatoms. The molecule has 0 aliphatic carbocycles. The van der Waals surface area contributed by atoms with E-state index >= 15 is 0 Å². The first-order valence-electron chi connectivity index (χ1n) is 6.42. The normalized spacial score (nSPS) is 10.2. The van der Waals surface area contributed by atoms with Gasteiger partial charge in [0.05, 0.1) is 0 Å². The number of amides is 1. The summed E-state index contributed by atoms with van der Waals surface area (Å²) >= 11 is 8.31. The monoisotopic (exact) mass is 415 g/mol. The number of nitrogens with zero attached hydrogens (tertiary/aromatic N) is 1. The Labute approximate surface area is 143 Å². The van der Waals surface area contributed by atoms with E-state index in [1.165, 1.54) is 0 Å². The highest BCUT2D eigenvalue weighted by Gasteiger charge is 2.11. The van der Waals surface area contributed by atoms with Gasteiger partial charge in [0.2, 0.25) is 0 Å². The van der Waals surface area contributed by atoms with Gasteiger partial charge < -0.3 is 9.64 Å². The van der Waals surface area contributed by atoms with E-state index in [1.807, 2.05) is 48.5 Å². The molecule has 0 unspecified atom stereocenters. The third kappa shape index (κ3) is 4.89. The van der Waals surface area contributed by atoms with Crippen LogP contribution in [-0.4, -0.2) is 24.5 Å². The minimum absolute atomic E-state index is 0.0154. The topological polar surface area (TPSA) is 29.5 Å². The molecule has 2 rings (SSSR count). The highest BCUT2D eigenvalue weighted by atomic mass is 127. The highest BCUT2D eigenvalue weighted by Crippen LogP contribution is 2.17. The zero-order valence-corrected chi connectivity index (χ0v) is 14.5. The SMILES string of the molecule is CN(Cc1ccccc1Cl)C(=O)COc1ccc(I)cc1. The first-order valence-corrected chi connectivity index (χ1v) is 7.87. The number of carbonyl (C=O) groups excluding carboxylic acids is 1. The van der Waals surface area contributed by atoms with Crippen LogP contribution in [0.2, 0.25) is 5.02 Å². The quantitative estimate of drug-likeness (QED) is 0.691. The predicted molar refractivity (Wildman–Crippen MR) is 92.6 cm³/mol. The standard InChI is InChI=1S/C16H15ClINO2/c1-19(10-12-4-2-3-5-15(12)17)16(20)11-21-14-8-6-13(18)7-9-14/h2-9H,10-11H2,1H3. The molecule has 2 aromatic carbocycles. The summed E-state index contributed by atoms with van der Waals surface area (Å²) in [4.78, 5) is 13.7. The summed E-state index contributed by atoms with van der Waals surface area (Å²) in [6, 6.07) is 15.1. The third-order valence-electron chi connectivity index (χ3n) is 2.97. The summed E-state index contributed by atoms with van der Waals surface area (Å²) in [5, 5.41) is 0.663. The fourth-order valence-electron chi connectivity index (χ4n) is 1.76. The van der Waals surface area contributed by atoms with E-state index in [1.54, 1.807) is 11.9 Å². The van der Waals surface area contributed by atoms with Gasteiger partial charge in [-0.15, -0.1) is 0 Å². The molecule has 3 nitrogen and oxygen atoms in total. The van der Waals surface area contributed by atoms with Crippen molar-refractivity contribution in [3.8, 4) is 5.75 Å². The van der Waals surface area contributed by atoms with Gasteiger partial charge in [-0.2, -0.15) is 0 Å². The molecule has 0 aliphatic rings. The van der Waals surface area contributed by atoms with Crippen LogP contribution in [0.25, 0.3) is 0 Å². The molecule has 0 saturated carbocycles. The van der Waals surface area contributed by atoms with E-state index in [4.69, 9.17) is 16.3 Å². The van der Waals surface area contributed by atoms with Crippen LogP contribution in [0.5, 0.6) is 5.75 Å². The van der Waals surface area contributed by atoms with Gasteiger partial charge in [-0.3, -0.25) is 4.79 Å². The van der Waals surface area contributed by atoms with Crippen molar-refractivity contribution in [1.29, 1.82) is 0 Å². The number of halogens is 2. The van der Waals surface area contributed by atoms with E-state index in [9.17, 15) is 4.79 Å². The van der Waals surface area contributed by atoms with Gasteiger partial charge in [0.15, 0.2) is 6.61 Å². The van der Waals surface area contributed by atoms with E-state index in [0.717, 1.165) is 9.13 Å². The van der Waals surface area contributed by atoms with Crippen molar-refractivity contribution in [2.24, 2.45) is 0 Å². The Kier molecular flexibility index (Phi) is 5.87. The summed E-state index contributed by atoms with van der Waals surface area (Å²) in [6.07, 6.45) is 0. The smallest absolute Gasteiger partial charge is 0.260 e. The summed E-state index contributed by atoms with van der Waals surface area (Å²) in [5.41, 5.74) is 0.921. The van der Waals surface area contributed by atoms with Crippen LogP contribution in [0.1, 0.15) is 5.56 Å². The van der Waals surface area contributed by atoms with Gasteiger partial charge >= 0.3 is 0 Å². The summed E-state index contributed by atoms with van der Waals surface area (Å²) in [6.45, 7) is 0.482. The molecule has 1 amide bonds. The number of benzene rings is 2. The van der Waals surface area contributed by atoms with E-state index in [2.05, 4.69) is 22.6 Å². The Bertz CT molecular complexity index is 616. The van der Waals surface area contributed by atoms with Crippen molar-refractivity contribution in [1.82, 2.24) is 4.90 Å². The zero-order chi connectivity index (χ0) is 15.2. The summed E-state index contributed by atoms with van der Waals surface area (Å²) in [5.74, 6) is 0.600. The lowest BCUT2D eigenvalue weighted by molar-refractivity contribution is -0.132. The Morgan fingerprint density at radius 2 is 1.86 bits per heavy atom. The Morgan fingerprint density at radius 3 is 2.52 bits per heavy atom. The Balaban J connectivity index is 1.88. The molecule has 0 N–H and O–H groups in total. The van der Waals surface area contributed by atoms with Gasteiger partial charge in [-0.05, 0) is 58.5 Å². The number of rotatable bonds is 5. The fraction of sp³-hybridized carbons (Fsp3) is 0.188. The lowest BCUT2D eigenvalue weighted by Crippen LogP contribution is -2.31. The molecule has 0 radical (unpaired) electrons. The second-order valence-corrected chi connectivity index (χ2v) is 6.24. The molecule has 0 saturated heterocycles. The minimum Gasteiger partial charge on any atom is -0.484 e. The first-order chi connectivity index (χ1) is 10.1. The van der Waals surface area contributed by atoms with Gasteiger partial charge in [-0.1, -0.05) is 29.8 Å². The van der Waals surface area contributed by atoms with Crippen LogP contribution in [0.15, 0.2) is 48.5 Å². The third-order valence-corrected chi connectivity index (χ3v) is 4.05. The van der Waals surface area contributed by atoms with Crippen LogP contribution < -0.4 is 4.74 Å². The molecule has 0 heterocycles. The molecular formula is C16H15ClINO2. The molecule has 2 aromatic rings. The molecular weight excluding hydrogens is 401 g/mol. The lowest BCUT2D eigenvalue weighted by Gasteiger charge is -2.18. The molecule has 0 aliphatic heterocycles. The van der Waals surface area contributed by atoms with Crippen molar-refractivity contribution < 1.29 is 9.53 Å². The maximum atomic E-state index is 12.1. The van der Waals surface area contributed by atoms with Gasteiger partial charge in [0, 0.05) is 22.2 Å². The largest absolute Gasteiger partial charge is 0.484 e. The van der Waals surface area contributed by atoms with E-state index in [-0.39, 0.29) is 12.5 Å². The summed E-state index contributed by atoms with van der Waals surface area (Å²) in [7, 11) is 1.74. The molecule has 0 atom stereocenters. The second kappa shape index (κ2) is 7.66. The predicted octanol–water partition coefficient (Wildman–Crippen LogP) is 3.98.